The highest BCUT2D eigenvalue weighted by Gasteiger charge is 2.11. The fourth-order valence-corrected chi connectivity index (χ4v) is 3.63. The van der Waals surface area contributed by atoms with E-state index < -0.39 is 0 Å². The number of nitrogens with one attached hydrogen (secondary N) is 2. The van der Waals surface area contributed by atoms with Gasteiger partial charge in [-0.1, -0.05) is 60.3 Å². The lowest BCUT2D eigenvalue weighted by molar-refractivity contribution is -0.113. The van der Waals surface area contributed by atoms with Crippen molar-refractivity contribution in [3.05, 3.63) is 72.8 Å². The highest BCUT2D eigenvalue weighted by atomic mass is 32.2. The Kier molecular flexibility index (Phi) is 5.30. The molecule has 0 saturated heterocycles. The molecule has 1 amide bonds. The molecule has 0 aliphatic carbocycles. The van der Waals surface area contributed by atoms with Crippen molar-refractivity contribution in [2.45, 2.75) is 5.16 Å². The normalized spacial score (nSPS) is 10.8. The van der Waals surface area contributed by atoms with E-state index in [1.807, 2.05) is 72.8 Å². The first-order valence-electron chi connectivity index (χ1n) is 8.84. The zero-order valence-corrected chi connectivity index (χ0v) is 16.1. The predicted molar refractivity (Wildman–Crippen MR) is 114 cm³/mol. The van der Waals surface area contributed by atoms with Crippen LogP contribution in [0.25, 0.3) is 22.2 Å². The number of hydrogen-bond acceptors (Lipinski definition) is 4. The van der Waals surface area contributed by atoms with Crippen molar-refractivity contribution in [3.63, 3.8) is 0 Å². The molecule has 6 heteroatoms. The summed E-state index contributed by atoms with van der Waals surface area (Å²) in [7, 11) is 1.63. The van der Waals surface area contributed by atoms with Gasteiger partial charge in [-0.2, -0.15) is 0 Å². The van der Waals surface area contributed by atoms with Crippen molar-refractivity contribution in [1.29, 1.82) is 0 Å². The molecule has 0 aliphatic heterocycles. The van der Waals surface area contributed by atoms with Crippen molar-refractivity contribution >= 4 is 34.4 Å². The minimum Gasteiger partial charge on any atom is -0.497 e. The monoisotopic (exact) mass is 389 g/mol. The number of imidazole rings is 1. The zero-order valence-electron chi connectivity index (χ0n) is 15.3. The maximum atomic E-state index is 12.5. The number of thioether (sulfide) groups is 1. The summed E-state index contributed by atoms with van der Waals surface area (Å²) in [5, 5.41) is 3.71. The zero-order chi connectivity index (χ0) is 19.3. The molecular weight excluding hydrogens is 370 g/mol. The lowest BCUT2D eigenvalue weighted by Crippen LogP contribution is -2.14. The molecule has 0 fully saturated rings. The second-order valence-electron chi connectivity index (χ2n) is 6.17. The molecule has 1 heterocycles. The number of fused-ring (bicyclic) bond motifs is 1. The molecule has 140 valence electrons. The Morgan fingerprint density at radius 3 is 2.68 bits per heavy atom. The molecule has 0 atom stereocenters. The van der Waals surface area contributed by atoms with Gasteiger partial charge in [-0.25, -0.2) is 4.98 Å². The van der Waals surface area contributed by atoms with E-state index >= 15 is 0 Å². The minimum atomic E-state index is -0.0774. The fraction of sp³-hybridized carbons (Fsp3) is 0.0909. The minimum absolute atomic E-state index is 0.0774. The van der Waals surface area contributed by atoms with E-state index in [0.29, 0.717) is 5.16 Å². The number of carbonyl (C=O) groups is 1. The van der Waals surface area contributed by atoms with E-state index in [4.69, 9.17) is 4.74 Å². The Bertz CT molecular complexity index is 1110. The average Bonchev–Trinajstić information content (AvgIpc) is 3.15. The number of hydrogen-bond donors (Lipinski definition) is 2. The van der Waals surface area contributed by atoms with Crippen LogP contribution < -0.4 is 10.1 Å². The third-order valence-electron chi connectivity index (χ3n) is 4.29. The number of anilines is 1. The Morgan fingerprint density at radius 1 is 1.07 bits per heavy atom. The molecule has 4 aromatic rings. The first-order valence-corrected chi connectivity index (χ1v) is 9.82. The van der Waals surface area contributed by atoms with E-state index in [2.05, 4.69) is 15.3 Å². The summed E-state index contributed by atoms with van der Waals surface area (Å²) in [6, 6.07) is 23.5. The first kappa shape index (κ1) is 18.1. The smallest absolute Gasteiger partial charge is 0.234 e. The standard InChI is InChI=1S/C22H19N3O2S/c1-27-16-11-12-19-20(13-16)25-22(24-19)28-14-21(26)23-18-10-6-5-9-17(18)15-7-3-2-4-8-15/h2-13H,14H2,1H3,(H,23,26)(H,24,25). The van der Waals surface area contributed by atoms with Gasteiger partial charge in [0.25, 0.3) is 0 Å². The van der Waals surface area contributed by atoms with E-state index in [0.717, 1.165) is 33.6 Å². The van der Waals surface area contributed by atoms with Crippen LogP contribution in [0.3, 0.4) is 0 Å². The van der Waals surface area contributed by atoms with Crippen molar-refractivity contribution in [3.8, 4) is 16.9 Å². The van der Waals surface area contributed by atoms with Gasteiger partial charge in [0, 0.05) is 17.3 Å². The molecular formula is C22H19N3O2S. The Morgan fingerprint density at radius 2 is 1.86 bits per heavy atom. The molecule has 28 heavy (non-hydrogen) atoms. The molecule has 0 spiro atoms. The SMILES string of the molecule is COc1ccc2nc(SCC(=O)Nc3ccccc3-c3ccccc3)[nH]c2c1. The maximum absolute atomic E-state index is 12.5. The fourth-order valence-electron chi connectivity index (χ4n) is 2.94. The molecule has 1 aromatic heterocycles. The molecule has 0 unspecified atom stereocenters. The second-order valence-corrected chi connectivity index (χ2v) is 7.14. The van der Waals surface area contributed by atoms with Gasteiger partial charge in [0.2, 0.25) is 5.91 Å². The number of rotatable bonds is 6. The first-order chi connectivity index (χ1) is 13.7. The summed E-state index contributed by atoms with van der Waals surface area (Å²) in [5.74, 6) is 0.953. The van der Waals surface area contributed by atoms with Crippen LogP contribution >= 0.6 is 11.8 Å². The van der Waals surface area contributed by atoms with Gasteiger partial charge < -0.3 is 15.0 Å². The number of para-hydroxylation sites is 1. The van der Waals surface area contributed by atoms with E-state index in [9.17, 15) is 4.79 Å². The maximum Gasteiger partial charge on any atom is 0.234 e. The molecule has 3 aromatic carbocycles. The van der Waals surface area contributed by atoms with E-state index in [1.54, 1.807) is 7.11 Å². The van der Waals surface area contributed by atoms with Crippen molar-refractivity contribution in [2.75, 3.05) is 18.2 Å². The van der Waals surface area contributed by atoms with Gasteiger partial charge in [-0.15, -0.1) is 0 Å². The van der Waals surface area contributed by atoms with Crippen molar-refractivity contribution in [2.24, 2.45) is 0 Å². The van der Waals surface area contributed by atoms with Gasteiger partial charge in [-0.05, 0) is 23.8 Å². The summed E-state index contributed by atoms with van der Waals surface area (Å²) < 4.78 is 5.23. The lowest BCUT2D eigenvalue weighted by Gasteiger charge is -2.11. The van der Waals surface area contributed by atoms with Crippen LogP contribution in [0.4, 0.5) is 5.69 Å². The largest absolute Gasteiger partial charge is 0.497 e. The number of aromatic amines is 1. The van der Waals surface area contributed by atoms with Crippen LogP contribution in [0.1, 0.15) is 0 Å². The molecule has 5 nitrogen and oxygen atoms in total. The lowest BCUT2D eigenvalue weighted by atomic mass is 10.0. The summed E-state index contributed by atoms with van der Waals surface area (Å²) in [6.45, 7) is 0. The van der Waals surface area contributed by atoms with E-state index in [-0.39, 0.29) is 11.7 Å². The van der Waals surface area contributed by atoms with E-state index in [1.165, 1.54) is 11.8 Å². The highest BCUT2D eigenvalue weighted by molar-refractivity contribution is 7.99. The summed E-state index contributed by atoms with van der Waals surface area (Å²) in [5.41, 5.74) is 4.60. The van der Waals surface area contributed by atoms with Crippen LogP contribution in [0, 0.1) is 0 Å². The Labute approximate surface area is 167 Å². The van der Waals surface area contributed by atoms with Gasteiger partial charge in [-0.3, -0.25) is 4.79 Å². The van der Waals surface area contributed by atoms with Crippen LogP contribution in [-0.4, -0.2) is 28.7 Å². The summed E-state index contributed by atoms with van der Waals surface area (Å²) in [6.07, 6.45) is 0. The summed E-state index contributed by atoms with van der Waals surface area (Å²) in [4.78, 5) is 20.2. The molecule has 0 radical (unpaired) electrons. The Hall–Kier alpha value is -3.25. The number of methoxy groups -OCH3 is 1. The third-order valence-corrected chi connectivity index (χ3v) is 5.17. The quantitative estimate of drug-likeness (QED) is 0.457. The van der Waals surface area contributed by atoms with Crippen LogP contribution in [-0.2, 0) is 4.79 Å². The van der Waals surface area contributed by atoms with Crippen molar-refractivity contribution < 1.29 is 9.53 Å². The summed E-state index contributed by atoms with van der Waals surface area (Å²) >= 11 is 1.37. The average molecular weight is 389 g/mol. The predicted octanol–water partition coefficient (Wildman–Crippen LogP) is 4.97. The molecule has 2 N–H and O–H groups in total. The van der Waals surface area contributed by atoms with Crippen LogP contribution in [0.15, 0.2) is 78.0 Å². The van der Waals surface area contributed by atoms with Gasteiger partial charge in [0.05, 0.1) is 23.9 Å². The second kappa shape index (κ2) is 8.19. The van der Waals surface area contributed by atoms with Crippen LogP contribution in [0.5, 0.6) is 5.75 Å². The molecule has 4 rings (SSSR count). The number of aromatic nitrogens is 2. The third kappa shape index (κ3) is 4.02. The number of benzene rings is 3. The molecule has 0 saturated carbocycles. The number of carbonyl (C=O) groups excluding carboxylic acids is 1. The number of ether oxygens (including phenoxy) is 1. The van der Waals surface area contributed by atoms with Gasteiger partial charge >= 0.3 is 0 Å². The van der Waals surface area contributed by atoms with Gasteiger partial charge in [0.1, 0.15) is 5.75 Å². The highest BCUT2D eigenvalue weighted by Crippen LogP contribution is 2.28. The number of nitrogens with zero attached hydrogens (tertiary/aromatic N) is 1. The topological polar surface area (TPSA) is 67.0 Å². The van der Waals surface area contributed by atoms with Gasteiger partial charge in [0.15, 0.2) is 5.16 Å². The number of amides is 1. The molecule has 0 bridgehead atoms. The number of H-pyrrole nitrogens is 1. The van der Waals surface area contributed by atoms with Crippen LogP contribution in [0.2, 0.25) is 0 Å². The molecule has 0 aliphatic rings. The van der Waals surface area contributed by atoms with Crippen molar-refractivity contribution in [1.82, 2.24) is 9.97 Å². The Balaban J connectivity index is 1.44.